The van der Waals surface area contributed by atoms with E-state index in [1.165, 1.54) is 0 Å². The molecular weight excluding hydrogens is 518 g/mol. The van der Waals surface area contributed by atoms with E-state index < -0.39 is 23.6 Å². The zero-order chi connectivity index (χ0) is 27.8. The molecule has 10 heteroatoms. The van der Waals surface area contributed by atoms with Crippen LogP contribution in [-0.2, 0) is 16.2 Å². The molecule has 1 aliphatic heterocycles. The first kappa shape index (κ1) is 27.3. The first-order chi connectivity index (χ1) is 18.9. The van der Waals surface area contributed by atoms with Crippen LogP contribution in [0, 0.1) is 11.3 Å². The van der Waals surface area contributed by atoms with Crippen LogP contribution in [0.25, 0.3) is 6.08 Å². The van der Waals surface area contributed by atoms with Crippen molar-refractivity contribution in [2.75, 3.05) is 25.6 Å². The second-order valence-corrected chi connectivity index (χ2v) is 9.23. The Balaban J connectivity index is 1.44. The van der Waals surface area contributed by atoms with Gasteiger partial charge in [0.1, 0.15) is 18.9 Å². The molecule has 1 aliphatic rings. The van der Waals surface area contributed by atoms with E-state index in [1.54, 1.807) is 67.8 Å². The highest BCUT2D eigenvalue weighted by Gasteiger charge is 2.36. The van der Waals surface area contributed by atoms with Gasteiger partial charge in [0.25, 0.3) is 11.1 Å². The average Bonchev–Trinajstić information content (AvgIpc) is 3.20. The zero-order valence-corrected chi connectivity index (χ0v) is 22.1. The fourth-order valence-corrected chi connectivity index (χ4v) is 4.56. The third kappa shape index (κ3) is 6.77. The molecular formula is C29H25N3O6S. The summed E-state index contributed by atoms with van der Waals surface area (Å²) in [5.41, 5.74) is 2.42. The minimum Gasteiger partial charge on any atom is -0.497 e. The molecule has 3 aromatic carbocycles. The number of nitriles is 1. The quantitative estimate of drug-likeness (QED) is 0.346. The Kier molecular flexibility index (Phi) is 8.86. The molecule has 0 atom stereocenters. The number of methoxy groups -OCH3 is 1. The second-order valence-electron chi connectivity index (χ2n) is 8.24. The summed E-state index contributed by atoms with van der Waals surface area (Å²) in [5, 5.41) is 11.4. The van der Waals surface area contributed by atoms with Crippen LogP contribution in [0.4, 0.5) is 10.5 Å². The van der Waals surface area contributed by atoms with E-state index in [9.17, 15) is 19.6 Å². The summed E-state index contributed by atoms with van der Waals surface area (Å²) in [7, 11) is 1.54. The molecule has 9 nitrogen and oxygen atoms in total. The molecule has 0 aromatic heterocycles. The fraction of sp³-hybridized carbons (Fsp3) is 0.172. The van der Waals surface area contributed by atoms with Gasteiger partial charge >= 0.3 is 0 Å². The topological polar surface area (TPSA) is 118 Å². The van der Waals surface area contributed by atoms with Crippen molar-refractivity contribution in [3.63, 3.8) is 0 Å². The molecule has 1 saturated heterocycles. The number of amides is 3. The van der Waals surface area contributed by atoms with Crippen molar-refractivity contribution < 1.29 is 28.6 Å². The van der Waals surface area contributed by atoms with Crippen molar-refractivity contribution in [2.45, 2.75) is 13.5 Å². The van der Waals surface area contributed by atoms with Crippen LogP contribution in [0.1, 0.15) is 23.6 Å². The largest absolute Gasteiger partial charge is 0.497 e. The Morgan fingerprint density at radius 3 is 2.54 bits per heavy atom. The summed E-state index contributed by atoms with van der Waals surface area (Å²) in [4.78, 5) is 39.0. The Morgan fingerprint density at radius 2 is 1.82 bits per heavy atom. The molecule has 4 rings (SSSR count). The van der Waals surface area contributed by atoms with Crippen LogP contribution in [0.15, 0.2) is 71.6 Å². The van der Waals surface area contributed by atoms with E-state index >= 15 is 0 Å². The fourth-order valence-electron chi connectivity index (χ4n) is 3.72. The van der Waals surface area contributed by atoms with Crippen molar-refractivity contribution >= 4 is 40.6 Å². The number of thioether (sulfide) groups is 1. The molecule has 0 unspecified atom stereocenters. The van der Waals surface area contributed by atoms with E-state index in [0.29, 0.717) is 40.7 Å². The molecule has 3 aromatic rings. The number of benzene rings is 3. The maximum absolute atomic E-state index is 12.9. The van der Waals surface area contributed by atoms with Crippen molar-refractivity contribution in [3.8, 4) is 23.3 Å². The monoisotopic (exact) mass is 543 g/mol. The van der Waals surface area contributed by atoms with Crippen molar-refractivity contribution in [3.05, 3.63) is 88.3 Å². The van der Waals surface area contributed by atoms with Gasteiger partial charge < -0.3 is 19.5 Å². The van der Waals surface area contributed by atoms with E-state index in [-0.39, 0.29) is 11.5 Å². The van der Waals surface area contributed by atoms with Gasteiger partial charge in [0.05, 0.1) is 30.3 Å². The lowest BCUT2D eigenvalue weighted by Gasteiger charge is -2.13. The summed E-state index contributed by atoms with van der Waals surface area (Å²) >= 11 is 0.764. The number of hydrogen-bond donors (Lipinski definition) is 1. The number of imide groups is 1. The average molecular weight is 544 g/mol. The smallest absolute Gasteiger partial charge is 0.294 e. The number of carbonyl (C=O) groups is 3. The molecule has 1 heterocycles. The van der Waals surface area contributed by atoms with Gasteiger partial charge in [0.2, 0.25) is 5.91 Å². The van der Waals surface area contributed by atoms with Gasteiger partial charge in [-0.3, -0.25) is 19.3 Å². The molecule has 0 bridgehead atoms. The van der Waals surface area contributed by atoms with E-state index in [2.05, 4.69) is 11.4 Å². The highest BCUT2D eigenvalue weighted by molar-refractivity contribution is 8.18. The molecule has 0 spiro atoms. The SMILES string of the molecule is CCOc1cc(/C=C2/SC(=O)N(CC(=O)Nc3ccc(OC)cc3)C2=O)ccc1OCc1ccccc1C#N. The van der Waals surface area contributed by atoms with Crippen LogP contribution in [-0.4, -0.2) is 42.2 Å². The summed E-state index contributed by atoms with van der Waals surface area (Å²) in [6.45, 7) is 1.99. The van der Waals surface area contributed by atoms with Crippen LogP contribution < -0.4 is 19.5 Å². The van der Waals surface area contributed by atoms with Crippen molar-refractivity contribution in [1.82, 2.24) is 4.90 Å². The van der Waals surface area contributed by atoms with Crippen LogP contribution in [0.5, 0.6) is 17.2 Å². The molecule has 39 heavy (non-hydrogen) atoms. The van der Waals surface area contributed by atoms with Crippen molar-refractivity contribution in [1.29, 1.82) is 5.26 Å². The maximum Gasteiger partial charge on any atom is 0.294 e. The van der Waals surface area contributed by atoms with Gasteiger partial charge in [-0.05, 0) is 72.8 Å². The molecule has 198 valence electrons. The first-order valence-electron chi connectivity index (χ1n) is 12.0. The zero-order valence-electron chi connectivity index (χ0n) is 21.3. The van der Waals surface area contributed by atoms with Crippen molar-refractivity contribution in [2.24, 2.45) is 0 Å². The van der Waals surface area contributed by atoms with Gasteiger partial charge in [-0.1, -0.05) is 24.3 Å². The lowest BCUT2D eigenvalue weighted by atomic mass is 10.1. The summed E-state index contributed by atoms with van der Waals surface area (Å²) in [6.07, 6.45) is 1.57. The van der Waals surface area contributed by atoms with Gasteiger partial charge in [0.15, 0.2) is 11.5 Å². The Morgan fingerprint density at radius 1 is 1.05 bits per heavy atom. The van der Waals surface area contributed by atoms with Gasteiger partial charge in [-0.25, -0.2) is 0 Å². The molecule has 1 fully saturated rings. The van der Waals surface area contributed by atoms with Crippen LogP contribution in [0.2, 0.25) is 0 Å². The number of nitrogens with zero attached hydrogens (tertiary/aromatic N) is 2. The number of ether oxygens (including phenoxy) is 3. The third-order valence-electron chi connectivity index (χ3n) is 5.64. The lowest BCUT2D eigenvalue weighted by molar-refractivity contribution is -0.127. The Labute approximate surface area is 230 Å². The maximum atomic E-state index is 12.9. The molecule has 3 amide bonds. The second kappa shape index (κ2) is 12.7. The predicted octanol–water partition coefficient (Wildman–Crippen LogP) is 5.22. The summed E-state index contributed by atoms with van der Waals surface area (Å²) in [6, 6.07) is 21.2. The minimum atomic E-state index is -0.554. The van der Waals surface area contributed by atoms with E-state index in [4.69, 9.17) is 14.2 Å². The third-order valence-corrected chi connectivity index (χ3v) is 6.54. The number of hydrogen-bond acceptors (Lipinski definition) is 8. The highest BCUT2D eigenvalue weighted by Crippen LogP contribution is 2.35. The summed E-state index contributed by atoms with van der Waals surface area (Å²) in [5.74, 6) is 0.521. The lowest BCUT2D eigenvalue weighted by Crippen LogP contribution is -2.36. The van der Waals surface area contributed by atoms with Gasteiger partial charge in [-0.15, -0.1) is 0 Å². The highest BCUT2D eigenvalue weighted by atomic mass is 32.2. The van der Waals surface area contributed by atoms with Crippen LogP contribution >= 0.6 is 11.8 Å². The number of anilines is 1. The Hall–Kier alpha value is -4.75. The molecule has 0 saturated carbocycles. The number of carbonyl (C=O) groups excluding carboxylic acids is 3. The summed E-state index contributed by atoms with van der Waals surface area (Å²) < 4.78 is 16.7. The molecule has 1 N–H and O–H groups in total. The van der Waals surface area contributed by atoms with Crippen LogP contribution in [0.3, 0.4) is 0 Å². The number of nitrogens with one attached hydrogen (secondary N) is 1. The standard InChI is InChI=1S/C29H25N3O6S/c1-3-37-25-14-19(8-13-24(25)38-18-21-7-5-4-6-20(21)16-30)15-26-28(34)32(29(35)39-26)17-27(33)31-22-9-11-23(36-2)12-10-22/h4-15H,3,17-18H2,1-2H3,(H,31,33)/b26-15+. The molecule has 0 aliphatic carbocycles. The Bertz CT molecular complexity index is 1460. The number of rotatable bonds is 10. The van der Waals surface area contributed by atoms with Gasteiger partial charge in [0, 0.05) is 11.3 Å². The molecule has 0 radical (unpaired) electrons. The van der Waals surface area contributed by atoms with E-state index in [1.807, 2.05) is 19.1 Å². The van der Waals surface area contributed by atoms with Gasteiger partial charge in [-0.2, -0.15) is 5.26 Å². The first-order valence-corrected chi connectivity index (χ1v) is 12.8. The van der Waals surface area contributed by atoms with E-state index in [0.717, 1.165) is 22.2 Å². The normalized spacial score (nSPS) is 13.8. The predicted molar refractivity (Wildman–Crippen MR) is 147 cm³/mol. The minimum absolute atomic E-state index is 0.181.